The summed E-state index contributed by atoms with van der Waals surface area (Å²) in [4.78, 5) is 0. The lowest BCUT2D eigenvalue weighted by molar-refractivity contribution is 0.375. The summed E-state index contributed by atoms with van der Waals surface area (Å²) in [6.45, 7) is 10.9. The fraction of sp³-hybridized carbons (Fsp3) is 0.917. The third-order valence-electron chi connectivity index (χ3n) is 2.43. The molecule has 0 N–H and O–H groups in total. The number of hydrogen-bond acceptors (Lipinski definition) is 0. The topological polar surface area (TPSA) is 0 Å². The minimum absolute atomic E-state index is 0.846. The van der Waals surface area contributed by atoms with Crippen molar-refractivity contribution in [2.24, 2.45) is 11.8 Å². The van der Waals surface area contributed by atoms with Crippen molar-refractivity contribution in [3.63, 3.8) is 0 Å². The van der Waals surface area contributed by atoms with Crippen LogP contribution in [0.3, 0.4) is 0 Å². The zero-order valence-electron chi connectivity index (χ0n) is 9.10. The third-order valence-corrected chi connectivity index (χ3v) is 2.43. The molecule has 12 heavy (non-hydrogen) atoms. The second-order valence-corrected chi connectivity index (χ2v) is 4.28. The lowest BCUT2D eigenvalue weighted by Gasteiger charge is -2.16. The van der Waals surface area contributed by atoms with Crippen molar-refractivity contribution in [2.75, 3.05) is 0 Å². The molecule has 0 fully saturated rings. The molecular formula is C12H25. The van der Waals surface area contributed by atoms with Crippen molar-refractivity contribution in [3.8, 4) is 0 Å². The molecule has 0 heteroatoms. The van der Waals surface area contributed by atoms with Gasteiger partial charge in [0.15, 0.2) is 0 Å². The van der Waals surface area contributed by atoms with Crippen molar-refractivity contribution in [1.29, 1.82) is 0 Å². The Labute approximate surface area is 78.8 Å². The molecule has 0 aromatic rings. The van der Waals surface area contributed by atoms with Gasteiger partial charge in [-0.15, -0.1) is 0 Å². The third kappa shape index (κ3) is 6.69. The zero-order chi connectivity index (χ0) is 9.40. The lowest BCUT2D eigenvalue weighted by Crippen LogP contribution is -2.03. The average Bonchev–Trinajstić information content (AvgIpc) is 2.02. The SMILES string of the molecule is [CH2]CC(CCCCC)CC(C)C. The average molecular weight is 169 g/mol. The normalized spacial score (nSPS) is 13.8. The van der Waals surface area contributed by atoms with E-state index in [0.717, 1.165) is 18.3 Å². The second-order valence-electron chi connectivity index (χ2n) is 4.28. The van der Waals surface area contributed by atoms with Crippen LogP contribution in [-0.2, 0) is 0 Å². The Kier molecular flexibility index (Phi) is 7.64. The Balaban J connectivity index is 3.39. The van der Waals surface area contributed by atoms with Gasteiger partial charge in [0, 0.05) is 0 Å². The van der Waals surface area contributed by atoms with E-state index in [1.54, 1.807) is 0 Å². The predicted molar refractivity (Wildman–Crippen MR) is 57.1 cm³/mol. The van der Waals surface area contributed by atoms with Gasteiger partial charge in [-0.05, 0) is 18.3 Å². The molecule has 1 atom stereocenters. The van der Waals surface area contributed by atoms with Gasteiger partial charge in [-0.25, -0.2) is 0 Å². The fourth-order valence-corrected chi connectivity index (χ4v) is 1.73. The van der Waals surface area contributed by atoms with E-state index < -0.39 is 0 Å². The molecule has 0 saturated carbocycles. The summed E-state index contributed by atoms with van der Waals surface area (Å²) in [5.41, 5.74) is 0. The van der Waals surface area contributed by atoms with Gasteiger partial charge in [0.25, 0.3) is 0 Å². The summed E-state index contributed by atoms with van der Waals surface area (Å²) in [5.74, 6) is 1.73. The summed E-state index contributed by atoms with van der Waals surface area (Å²) >= 11 is 0. The highest BCUT2D eigenvalue weighted by Gasteiger charge is 2.07. The van der Waals surface area contributed by atoms with Crippen LogP contribution in [0.4, 0.5) is 0 Å². The summed E-state index contributed by atoms with van der Waals surface area (Å²) in [6, 6.07) is 0. The molecule has 0 aliphatic heterocycles. The van der Waals surface area contributed by atoms with Crippen LogP contribution in [0.1, 0.15) is 59.3 Å². The van der Waals surface area contributed by atoms with E-state index in [2.05, 4.69) is 27.7 Å². The Bertz CT molecular complexity index is 84.0. The quantitative estimate of drug-likeness (QED) is 0.494. The number of hydrogen-bond donors (Lipinski definition) is 0. The van der Waals surface area contributed by atoms with E-state index in [9.17, 15) is 0 Å². The molecule has 0 aromatic carbocycles. The molecule has 1 radical (unpaired) electrons. The van der Waals surface area contributed by atoms with Crippen LogP contribution in [0, 0.1) is 18.8 Å². The molecule has 1 unspecified atom stereocenters. The van der Waals surface area contributed by atoms with Crippen LogP contribution in [0.25, 0.3) is 0 Å². The van der Waals surface area contributed by atoms with E-state index in [1.165, 1.54) is 32.1 Å². The van der Waals surface area contributed by atoms with Gasteiger partial charge in [-0.3, -0.25) is 0 Å². The highest BCUT2D eigenvalue weighted by Crippen LogP contribution is 2.21. The van der Waals surface area contributed by atoms with Crippen LogP contribution >= 0.6 is 0 Å². The zero-order valence-corrected chi connectivity index (χ0v) is 9.10. The van der Waals surface area contributed by atoms with Gasteiger partial charge >= 0.3 is 0 Å². The van der Waals surface area contributed by atoms with Crippen LogP contribution < -0.4 is 0 Å². The fourth-order valence-electron chi connectivity index (χ4n) is 1.73. The summed E-state index contributed by atoms with van der Waals surface area (Å²) in [5, 5.41) is 0. The molecule has 0 bridgehead atoms. The van der Waals surface area contributed by atoms with Crippen molar-refractivity contribution in [3.05, 3.63) is 6.92 Å². The first-order valence-electron chi connectivity index (χ1n) is 5.49. The largest absolute Gasteiger partial charge is 0.0654 e. The maximum atomic E-state index is 4.02. The van der Waals surface area contributed by atoms with E-state index in [4.69, 9.17) is 0 Å². The molecule has 73 valence electrons. The molecule has 0 spiro atoms. The van der Waals surface area contributed by atoms with Gasteiger partial charge in [-0.1, -0.05) is 59.8 Å². The standard InChI is InChI=1S/C12H25/c1-5-7-8-9-12(6-2)10-11(3)4/h11-12H,2,5-10H2,1,3-4H3. The van der Waals surface area contributed by atoms with Crippen LogP contribution in [0.2, 0.25) is 0 Å². The highest BCUT2D eigenvalue weighted by atomic mass is 14.1. The Hall–Kier alpha value is 0. The van der Waals surface area contributed by atoms with Crippen molar-refractivity contribution < 1.29 is 0 Å². The minimum atomic E-state index is 0.846. The minimum Gasteiger partial charge on any atom is -0.0654 e. The van der Waals surface area contributed by atoms with Gasteiger partial charge in [0.2, 0.25) is 0 Å². The van der Waals surface area contributed by atoms with Gasteiger partial charge in [0.1, 0.15) is 0 Å². The van der Waals surface area contributed by atoms with Crippen molar-refractivity contribution in [1.82, 2.24) is 0 Å². The second kappa shape index (κ2) is 7.64. The Morgan fingerprint density at radius 2 is 1.83 bits per heavy atom. The molecule has 0 aromatic heterocycles. The van der Waals surface area contributed by atoms with Crippen LogP contribution in [-0.4, -0.2) is 0 Å². The Morgan fingerprint density at radius 3 is 2.25 bits per heavy atom. The number of rotatable bonds is 7. The van der Waals surface area contributed by atoms with E-state index in [-0.39, 0.29) is 0 Å². The molecular weight excluding hydrogens is 144 g/mol. The predicted octanol–water partition coefficient (Wildman–Crippen LogP) is 4.45. The van der Waals surface area contributed by atoms with E-state index in [1.807, 2.05) is 0 Å². The molecule has 0 rings (SSSR count). The van der Waals surface area contributed by atoms with Crippen molar-refractivity contribution in [2.45, 2.75) is 59.3 Å². The first-order chi connectivity index (χ1) is 5.70. The monoisotopic (exact) mass is 169 g/mol. The molecule has 0 heterocycles. The smallest absolute Gasteiger partial charge is 0.0412 e. The molecule has 0 saturated heterocycles. The van der Waals surface area contributed by atoms with Crippen LogP contribution in [0.15, 0.2) is 0 Å². The molecule has 0 nitrogen and oxygen atoms in total. The summed E-state index contributed by atoms with van der Waals surface area (Å²) in [6.07, 6.45) is 8.04. The maximum Gasteiger partial charge on any atom is -0.0412 e. The van der Waals surface area contributed by atoms with E-state index >= 15 is 0 Å². The summed E-state index contributed by atoms with van der Waals surface area (Å²) in [7, 11) is 0. The maximum absolute atomic E-state index is 4.02. The van der Waals surface area contributed by atoms with Gasteiger partial charge in [0.05, 0.1) is 0 Å². The van der Waals surface area contributed by atoms with Crippen molar-refractivity contribution >= 4 is 0 Å². The molecule has 0 aliphatic carbocycles. The van der Waals surface area contributed by atoms with E-state index in [0.29, 0.717) is 0 Å². The number of unbranched alkanes of at least 4 members (excludes halogenated alkanes) is 2. The first kappa shape index (κ1) is 12.0. The Morgan fingerprint density at radius 1 is 1.17 bits per heavy atom. The van der Waals surface area contributed by atoms with Gasteiger partial charge in [-0.2, -0.15) is 0 Å². The van der Waals surface area contributed by atoms with Gasteiger partial charge < -0.3 is 0 Å². The highest BCUT2D eigenvalue weighted by molar-refractivity contribution is 4.62. The molecule has 0 aliphatic rings. The molecule has 0 amide bonds. The summed E-state index contributed by atoms with van der Waals surface area (Å²) < 4.78 is 0. The van der Waals surface area contributed by atoms with Crippen LogP contribution in [0.5, 0.6) is 0 Å². The first-order valence-corrected chi connectivity index (χ1v) is 5.49. The lowest BCUT2D eigenvalue weighted by atomic mass is 9.90.